The molecule has 10 rings (SSSR count). The predicted molar refractivity (Wildman–Crippen MR) is 239 cm³/mol. The molecule has 0 saturated carbocycles. The highest BCUT2D eigenvalue weighted by Gasteiger charge is 2.18. The van der Waals surface area contributed by atoms with Crippen LogP contribution in [0.4, 0.5) is 34.1 Å². The molecule has 0 fully saturated rings. The molecule has 0 saturated heterocycles. The highest BCUT2D eigenvalue weighted by molar-refractivity contribution is 6.15. The van der Waals surface area contributed by atoms with Gasteiger partial charge in [0.15, 0.2) is 0 Å². The van der Waals surface area contributed by atoms with Crippen LogP contribution < -0.4 is 9.80 Å². The van der Waals surface area contributed by atoms with Gasteiger partial charge in [0.1, 0.15) is 0 Å². The molecule has 0 aliphatic heterocycles. The summed E-state index contributed by atoms with van der Waals surface area (Å²) in [5.41, 5.74) is 11.5. The number of hydrogen-bond donors (Lipinski definition) is 0. The Bertz CT molecular complexity index is 2930. The van der Waals surface area contributed by atoms with Gasteiger partial charge in [0, 0.05) is 33.8 Å². The van der Waals surface area contributed by atoms with Crippen LogP contribution in [-0.2, 0) is 0 Å². The minimum Gasteiger partial charge on any atom is -0.310 e. The standard InChI is InChI=1S/C54H38N2/c1-4-15-42(16-5-1)52-37-43-18-11-12-24-49(43)51-36-35-48(38-53(51)52)55(44-20-6-2-7-21-44)46-31-27-39(28-32-46)40-29-33-47(34-30-40)56(45-22-8-3-9-23-45)54-26-14-19-41-17-10-13-25-50(41)54/h1-38H. The van der Waals surface area contributed by atoms with Gasteiger partial charge in [-0.3, -0.25) is 0 Å². The van der Waals surface area contributed by atoms with Gasteiger partial charge in [-0.05, 0) is 122 Å². The van der Waals surface area contributed by atoms with Crippen molar-refractivity contribution in [2.75, 3.05) is 9.80 Å². The maximum atomic E-state index is 2.36. The van der Waals surface area contributed by atoms with E-state index in [-0.39, 0.29) is 0 Å². The minimum absolute atomic E-state index is 1.10. The van der Waals surface area contributed by atoms with Crippen LogP contribution in [0.3, 0.4) is 0 Å². The summed E-state index contributed by atoms with van der Waals surface area (Å²) in [6.07, 6.45) is 0. The van der Waals surface area contributed by atoms with Crippen LogP contribution in [0.15, 0.2) is 231 Å². The van der Waals surface area contributed by atoms with Crippen molar-refractivity contribution in [2.24, 2.45) is 0 Å². The maximum Gasteiger partial charge on any atom is 0.0540 e. The smallest absolute Gasteiger partial charge is 0.0540 e. The molecule has 0 amide bonds. The van der Waals surface area contributed by atoms with Gasteiger partial charge in [-0.2, -0.15) is 0 Å². The van der Waals surface area contributed by atoms with Gasteiger partial charge >= 0.3 is 0 Å². The average molecular weight is 715 g/mol. The average Bonchev–Trinajstić information content (AvgIpc) is 3.28. The Morgan fingerprint density at radius 2 is 0.714 bits per heavy atom. The summed E-state index contributed by atoms with van der Waals surface area (Å²) in [6.45, 7) is 0. The van der Waals surface area contributed by atoms with Crippen molar-refractivity contribution in [1.82, 2.24) is 0 Å². The Kier molecular flexibility index (Phi) is 8.55. The third-order valence-electron chi connectivity index (χ3n) is 10.8. The molecule has 2 nitrogen and oxygen atoms in total. The van der Waals surface area contributed by atoms with Gasteiger partial charge in [-0.15, -0.1) is 0 Å². The first-order valence-corrected chi connectivity index (χ1v) is 19.2. The number of benzene rings is 10. The van der Waals surface area contributed by atoms with Crippen molar-refractivity contribution in [3.05, 3.63) is 231 Å². The summed E-state index contributed by atoms with van der Waals surface area (Å²) in [5, 5.41) is 7.44. The summed E-state index contributed by atoms with van der Waals surface area (Å²) in [6, 6.07) is 83.0. The number of anilines is 6. The van der Waals surface area contributed by atoms with E-state index in [0.29, 0.717) is 0 Å². The molecule has 0 spiro atoms. The fourth-order valence-electron chi connectivity index (χ4n) is 8.12. The normalized spacial score (nSPS) is 11.2. The maximum absolute atomic E-state index is 2.36. The zero-order valence-electron chi connectivity index (χ0n) is 30.8. The Balaban J connectivity index is 1.03. The van der Waals surface area contributed by atoms with Gasteiger partial charge in [0.25, 0.3) is 0 Å². The molecule has 10 aromatic carbocycles. The van der Waals surface area contributed by atoms with Crippen LogP contribution in [0.25, 0.3) is 54.6 Å². The van der Waals surface area contributed by atoms with E-state index in [4.69, 9.17) is 0 Å². The van der Waals surface area contributed by atoms with Gasteiger partial charge in [-0.1, -0.05) is 158 Å². The lowest BCUT2D eigenvalue weighted by Crippen LogP contribution is -2.10. The summed E-state index contributed by atoms with van der Waals surface area (Å²) in [4.78, 5) is 4.71. The second kappa shape index (κ2) is 14.4. The Morgan fingerprint density at radius 3 is 1.38 bits per heavy atom. The van der Waals surface area contributed by atoms with Crippen LogP contribution in [0.1, 0.15) is 0 Å². The molecule has 0 N–H and O–H groups in total. The van der Waals surface area contributed by atoms with E-state index >= 15 is 0 Å². The molecule has 0 atom stereocenters. The first kappa shape index (κ1) is 33.2. The molecule has 2 heteroatoms. The third-order valence-corrected chi connectivity index (χ3v) is 10.8. The van der Waals surface area contributed by atoms with Crippen LogP contribution >= 0.6 is 0 Å². The van der Waals surface area contributed by atoms with E-state index in [0.717, 1.165) is 34.1 Å². The van der Waals surface area contributed by atoms with Crippen molar-refractivity contribution in [2.45, 2.75) is 0 Å². The number of hydrogen-bond acceptors (Lipinski definition) is 2. The number of para-hydroxylation sites is 2. The predicted octanol–water partition coefficient (Wildman–Crippen LogP) is 15.4. The van der Waals surface area contributed by atoms with Crippen LogP contribution in [0, 0.1) is 0 Å². The number of rotatable bonds is 8. The Morgan fingerprint density at radius 1 is 0.232 bits per heavy atom. The SMILES string of the molecule is c1ccc(-c2cc3ccccc3c3ccc(N(c4ccccc4)c4ccc(-c5ccc(N(c6ccccc6)c6cccc7ccccc67)cc5)cc4)cc23)cc1. The minimum atomic E-state index is 1.10. The molecule has 0 aliphatic carbocycles. The molecule has 0 aromatic heterocycles. The van der Waals surface area contributed by atoms with Gasteiger partial charge in [0.2, 0.25) is 0 Å². The van der Waals surface area contributed by atoms with Gasteiger partial charge in [-0.25, -0.2) is 0 Å². The van der Waals surface area contributed by atoms with E-state index in [2.05, 4.69) is 240 Å². The second-order valence-corrected chi connectivity index (χ2v) is 14.2. The van der Waals surface area contributed by atoms with Gasteiger partial charge in [0.05, 0.1) is 5.69 Å². The summed E-state index contributed by atoms with van der Waals surface area (Å²) >= 11 is 0. The second-order valence-electron chi connectivity index (χ2n) is 14.2. The highest BCUT2D eigenvalue weighted by Crippen LogP contribution is 2.42. The number of nitrogens with zero attached hydrogens (tertiary/aromatic N) is 2. The molecule has 264 valence electrons. The zero-order valence-corrected chi connectivity index (χ0v) is 30.8. The lowest BCUT2D eigenvalue weighted by molar-refractivity contribution is 1.29. The lowest BCUT2D eigenvalue weighted by atomic mass is 9.92. The molecule has 0 radical (unpaired) electrons. The van der Waals surface area contributed by atoms with E-state index < -0.39 is 0 Å². The van der Waals surface area contributed by atoms with Gasteiger partial charge < -0.3 is 9.80 Å². The van der Waals surface area contributed by atoms with Crippen LogP contribution in [0.5, 0.6) is 0 Å². The summed E-state index contributed by atoms with van der Waals surface area (Å²) < 4.78 is 0. The first-order valence-electron chi connectivity index (χ1n) is 19.2. The fourth-order valence-corrected chi connectivity index (χ4v) is 8.12. The first-order chi connectivity index (χ1) is 27.8. The highest BCUT2D eigenvalue weighted by atomic mass is 15.1. The molecule has 56 heavy (non-hydrogen) atoms. The van der Waals surface area contributed by atoms with E-state index in [1.807, 2.05) is 0 Å². The van der Waals surface area contributed by atoms with Crippen molar-refractivity contribution >= 4 is 66.4 Å². The molecule has 10 aromatic rings. The van der Waals surface area contributed by atoms with Crippen molar-refractivity contribution in [3.63, 3.8) is 0 Å². The summed E-state index contributed by atoms with van der Waals surface area (Å²) in [5.74, 6) is 0. The molecule has 0 aliphatic rings. The topological polar surface area (TPSA) is 6.48 Å². The van der Waals surface area contributed by atoms with Crippen molar-refractivity contribution in [3.8, 4) is 22.3 Å². The largest absolute Gasteiger partial charge is 0.310 e. The van der Waals surface area contributed by atoms with Crippen LogP contribution in [-0.4, -0.2) is 0 Å². The molecule has 0 heterocycles. The van der Waals surface area contributed by atoms with Crippen molar-refractivity contribution in [1.29, 1.82) is 0 Å². The third kappa shape index (κ3) is 6.14. The lowest BCUT2D eigenvalue weighted by Gasteiger charge is -2.27. The Labute approximate surface area is 327 Å². The quantitative estimate of drug-likeness (QED) is 0.145. The van der Waals surface area contributed by atoms with E-state index in [9.17, 15) is 0 Å². The van der Waals surface area contributed by atoms with Crippen LogP contribution in [0.2, 0.25) is 0 Å². The molecular formula is C54H38N2. The van der Waals surface area contributed by atoms with E-state index in [1.165, 1.54) is 54.6 Å². The molecule has 0 bridgehead atoms. The zero-order chi connectivity index (χ0) is 37.3. The van der Waals surface area contributed by atoms with E-state index in [1.54, 1.807) is 0 Å². The summed E-state index contributed by atoms with van der Waals surface area (Å²) in [7, 11) is 0. The monoisotopic (exact) mass is 714 g/mol. The fraction of sp³-hybridized carbons (Fsp3) is 0. The molecular weight excluding hydrogens is 677 g/mol. The Hall–Kier alpha value is -7.42. The molecule has 0 unspecified atom stereocenters. The number of fused-ring (bicyclic) bond motifs is 4. The van der Waals surface area contributed by atoms with Crippen molar-refractivity contribution < 1.29 is 0 Å².